The summed E-state index contributed by atoms with van der Waals surface area (Å²) in [6, 6.07) is 17.6. The van der Waals surface area contributed by atoms with Gasteiger partial charge in [-0.2, -0.15) is 5.10 Å². The molecule has 2 aromatic carbocycles. The van der Waals surface area contributed by atoms with E-state index in [4.69, 9.17) is 0 Å². The van der Waals surface area contributed by atoms with Crippen LogP contribution in [0.2, 0.25) is 0 Å². The largest absolute Gasteiger partial charge is 0.378 e. The predicted octanol–water partition coefficient (Wildman–Crippen LogP) is 4.45. The highest BCUT2D eigenvalue weighted by molar-refractivity contribution is 6.07. The number of hydrogen-bond acceptors (Lipinski definition) is 3. The molecule has 0 saturated heterocycles. The number of benzene rings is 2. The maximum atomic E-state index is 12.5. The molecule has 0 atom stereocenters. The zero-order valence-electron chi connectivity index (χ0n) is 15.6. The molecule has 3 rings (SSSR count). The minimum Gasteiger partial charge on any atom is -0.378 e. The molecule has 0 bridgehead atoms. The average molecular weight is 345 g/mol. The number of aromatic nitrogens is 2. The van der Waals surface area contributed by atoms with Crippen molar-refractivity contribution < 1.29 is 4.79 Å². The van der Waals surface area contributed by atoms with Crippen LogP contribution < -0.4 is 4.90 Å². The average Bonchev–Trinajstić information content (AvgIpc) is 2.94. The maximum absolute atomic E-state index is 12.5. The standard InChI is InChI=1S/C22H23N3O/c1-16-21(17(2)25(23-16)20-8-6-5-7-9-20)14-15-22(26)18-10-12-19(13-11-18)24(3)4/h5-15H,1-4H3/b15-14+. The zero-order chi connectivity index (χ0) is 18.7. The molecule has 0 aliphatic rings. The summed E-state index contributed by atoms with van der Waals surface area (Å²) in [4.78, 5) is 14.5. The van der Waals surface area contributed by atoms with Gasteiger partial charge in [0, 0.05) is 36.6 Å². The summed E-state index contributed by atoms with van der Waals surface area (Å²) in [6.07, 6.45) is 3.48. The van der Waals surface area contributed by atoms with Crippen LogP contribution in [-0.2, 0) is 0 Å². The molecule has 0 spiro atoms. The molecule has 4 nitrogen and oxygen atoms in total. The lowest BCUT2D eigenvalue weighted by Gasteiger charge is -2.11. The molecule has 26 heavy (non-hydrogen) atoms. The van der Waals surface area contributed by atoms with E-state index in [2.05, 4.69) is 5.10 Å². The van der Waals surface area contributed by atoms with Gasteiger partial charge in [-0.15, -0.1) is 0 Å². The summed E-state index contributed by atoms with van der Waals surface area (Å²) >= 11 is 0. The van der Waals surface area contributed by atoms with E-state index in [1.807, 2.05) is 98.2 Å². The van der Waals surface area contributed by atoms with E-state index in [-0.39, 0.29) is 5.78 Å². The molecule has 0 fully saturated rings. The Morgan fingerprint density at radius 2 is 1.65 bits per heavy atom. The number of carbonyl (C=O) groups excluding carboxylic acids is 1. The molecule has 0 N–H and O–H groups in total. The third-order valence-electron chi connectivity index (χ3n) is 4.42. The summed E-state index contributed by atoms with van der Waals surface area (Å²) < 4.78 is 1.91. The number of carbonyl (C=O) groups is 1. The quantitative estimate of drug-likeness (QED) is 0.506. The van der Waals surface area contributed by atoms with Crippen molar-refractivity contribution >= 4 is 17.5 Å². The Balaban J connectivity index is 1.84. The molecule has 0 aliphatic carbocycles. The van der Waals surface area contributed by atoms with Crippen molar-refractivity contribution in [2.75, 3.05) is 19.0 Å². The lowest BCUT2D eigenvalue weighted by molar-refractivity contribution is 0.104. The summed E-state index contributed by atoms with van der Waals surface area (Å²) in [5, 5.41) is 4.61. The summed E-state index contributed by atoms with van der Waals surface area (Å²) in [5.41, 5.74) is 5.66. The number of para-hydroxylation sites is 1. The molecule has 4 heteroatoms. The Kier molecular flexibility index (Phi) is 5.03. The number of anilines is 1. The Bertz CT molecular complexity index is 936. The van der Waals surface area contributed by atoms with E-state index in [1.54, 1.807) is 6.08 Å². The summed E-state index contributed by atoms with van der Waals surface area (Å²) in [5.74, 6) is -0.0124. The summed E-state index contributed by atoms with van der Waals surface area (Å²) in [7, 11) is 3.96. The first-order chi connectivity index (χ1) is 12.5. The number of rotatable bonds is 5. The third-order valence-corrected chi connectivity index (χ3v) is 4.42. The number of nitrogens with zero attached hydrogens (tertiary/aromatic N) is 3. The maximum Gasteiger partial charge on any atom is 0.185 e. The first-order valence-electron chi connectivity index (χ1n) is 8.59. The van der Waals surface area contributed by atoms with Crippen molar-refractivity contribution in [2.45, 2.75) is 13.8 Å². The molecule has 0 saturated carbocycles. The van der Waals surface area contributed by atoms with Crippen molar-refractivity contribution in [3.63, 3.8) is 0 Å². The third kappa shape index (κ3) is 3.59. The molecule has 132 valence electrons. The smallest absolute Gasteiger partial charge is 0.185 e. The van der Waals surface area contributed by atoms with Crippen LogP contribution >= 0.6 is 0 Å². The van der Waals surface area contributed by atoms with Gasteiger partial charge in [0.2, 0.25) is 0 Å². The Morgan fingerprint density at radius 3 is 2.27 bits per heavy atom. The van der Waals surface area contributed by atoms with Crippen molar-refractivity contribution in [1.82, 2.24) is 9.78 Å². The minimum absolute atomic E-state index is 0.0124. The second kappa shape index (κ2) is 7.40. The molecule has 0 radical (unpaired) electrons. The monoisotopic (exact) mass is 345 g/mol. The second-order valence-corrected chi connectivity index (χ2v) is 6.47. The first kappa shape index (κ1) is 17.7. The van der Waals surface area contributed by atoms with Crippen molar-refractivity contribution in [1.29, 1.82) is 0 Å². The lowest BCUT2D eigenvalue weighted by atomic mass is 10.1. The van der Waals surface area contributed by atoms with Crippen LogP contribution in [-0.4, -0.2) is 29.7 Å². The molecule has 0 amide bonds. The van der Waals surface area contributed by atoms with Gasteiger partial charge in [0.25, 0.3) is 0 Å². The van der Waals surface area contributed by atoms with Crippen molar-refractivity contribution in [2.24, 2.45) is 0 Å². The molecule has 0 unspecified atom stereocenters. The van der Waals surface area contributed by atoms with Gasteiger partial charge in [-0.25, -0.2) is 4.68 Å². The van der Waals surface area contributed by atoms with Gasteiger partial charge in [-0.1, -0.05) is 18.2 Å². The second-order valence-electron chi connectivity index (χ2n) is 6.47. The van der Waals surface area contributed by atoms with Gasteiger partial charge in [0.15, 0.2) is 5.78 Å². The highest BCUT2D eigenvalue weighted by Gasteiger charge is 2.11. The van der Waals surface area contributed by atoms with Gasteiger partial charge < -0.3 is 4.90 Å². The summed E-state index contributed by atoms with van der Waals surface area (Å²) in [6.45, 7) is 3.98. The van der Waals surface area contributed by atoms with Gasteiger partial charge in [0.1, 0.15) is 0 Å². The Morgan fingerprint density at radius 1 is 1.00 bits per heavy atom. The Labute approximate surface area is 154 Å². The van der Waals surface area contributed by atoms with Gasteiger partial charge in [-0.3, -0.25) is 4.79 Å². The number of ketones is 1. The van der Waals surface area contributed by atoms with Crippen LogP contribution in [0.15, 0.2) is 60.7 Å². The van der Waals surface area contributed by atoms with E-state index in [9.17, 15) is 4.79 Å². The van der Waals surface area contributed by atoms with E-state index in [0.29, 0.717) is 5.56 Å². The van der Waals surface area contributed by atoms with Crippen LogP contribution in [0.1, 0.15) is 27.3 Å². The van der Waals surface area contributed by atoms with Crippen LogP contribution in [0.4, 0.5) is 5.69 Å². The number of hydrogen-bond donors (Lipinski definition) is 0. The Hall–Kier alpha value is -3.14. The zero-order valence-corrected chi connectivity index (χ0v) is 15.6. The molecular weight excluding hydrogens is 322 g/mol. The SMILES string of the molecule is Cc1nn(-c2ccccc2)c(C)c1/C=C/C(=O)c1ccc(N(C)C)cc1. The van der Waals surface area contributed by atoms with Crippen molar-refractivity contribution in [3.8, 4) is 5.69 Å². The predicted molar refractivity (Wildman–Crippen MR) is 107 cm³/mol. The molecule has 1 aromatic heterocycles. The van der Waals surface area contributed by atoms with Crippen molar-refractivity contribution in [3.05, 3.63) is 83.2 Å². The normalized spacial score (nSPS) is 11.1. The fourth-order valence-corrected chi connectivity index (χ4v) is 2.90. The van der Waals surface area contributed by atoms with E-state index < -0.39 is 0 Å². The van der Waals surface area contributed by atoms with E-state index in [1.165, 1.54) is 0 Å². The van der Waals surface area contributed by atoms with Crippen LogP contribution in [0.25, 0.3) is 11.8 Å². The molecular formula is C22H23N3O. The highest BCUT2D eigenvalue weighted by Crippen LogP contribution is 2.20. The van der Waals surface area contributed by atoms with Crippen LogP contribution in [0.3, 0.4) is 0 Å². The van der Waals surface area contributed by atoms with Crippen LogP contribution in [0.5, 0.6) is 0 Å². The fraction of sp³-hybridized carbons (Fsp3) is 0.182. The van der Waals surface area contributed by atoms with Gasteiger partial charge >= 0.3 is 0 Å². The molecule has 3 aromatic rings. The van der Waals surface area contributed by atoms with E-state index in [0.717, 1.165) is 28.3 Å². The molecule has 1 heterocycles. The topological polar surface area (TPSA) is 38.1 Å². The van der Waals surface area contributed by atoms with Gasteiger partial charge in [0.05, 0.1) is 11.4 Å². The van der Waals surface area contributed by atoms with Crippen LogP contribution in [0, 0.1) is 13.8 Å². The van der Waals surface area contributed by atoms with E-state index >= 15 is 0 Å². The van der Waals surface area contributed by atoms with Gasteiger partial charge in [-0.05, 0) is 62.4 Å². The fourth-order valence-electron chi connectivity index (χ4n) is 2.90. The number of allylic oxidation sites excluding steroid dienone is 1. The molecule has 0 aliphatic heterocycles. The first-order valence-corrected chi connectivity index (χ1v) is 8.59. The minimum atomic E-state index is -0.0124. The lowest BCUT2D eigenvalue weighted by Crippen LogP contribution is -2.08. The highest BCUT2D eigenvalue weighted by atomic mass is 16.1. The number of aryl methyl sites for hydroxylation is 1.